The summed E-state index contributed by atoms with van der Waals surface area (Å²) in [5.74, 6) is -0.0645. The quantitative estimate of drug-likeness (QED) is 0.513. The van der Waals surface area contributed by atoms with E-state index in [1.807, 2.05) is 32.0 Å². The van der Waals surface area contributed by atoms with Crippen LogP contribution in [0.25, 0.3) is 0 Å². The van der Waals surface area contributed by atoms with Crippen LogP contribution in [0.5, 0.6) is 5.75 Å². The second-order valence-corrected chi connectivity index (χ2v) is 4.81. The van der Waals surface area contributed by atoms with Gasteiger partial charge in [-0.15, -0.1) is 0 Å². The van der Waals surface area contributed by atoms with Gasteiger partial charge in [-0.2, -0.15) is 0 Å². The van der Waals surface area contributed by atoms with E-state index in [1.165, 1.54) is 0 Å². The summed E-state index contributed by atoms with van der Waals surface area (Å²) >= 11 is 0. The number of ether oxygens (including phenoxy) is 1. The average Bonchev–Trinajstić information content (AvgIpc) is 2.37. The predicted molar refractivity (Wildman–Crippen MR) is 75.5 cm³/mol. The van der Waals surface area contributed by atoms with Gasteiger partial charge >= 0.3 is 0 Å². The first-order valence-corrected chi connectivity index (χ1v) is 6.46. The highest BCUT2D eigenvalue weighted by atomic mass is 16.5. The number of nitrogens with two attached hydrogens (primary N) is 1. The summed E-state index contributed by atoms with van der Waals surface area (Å²) in [7, 11) is 0. The summed E-state index contributed by atoms with van der Waals surface area (Å²) in [5.41, 5.74) is 7.06. The predicted octanol–water partition coefficient (Wildman–Crippen LogP) is -0.521. The number of rotatable bonds is 8. The van der Waals surface area contributed by atoms with Crippen LogP contribution in [0.15, 0.2) is 18.2 Å². The van der Waals surface area contributed by atoms with Gasteiger partial charge in [0.05, 0.1) is 0 Å². The molecular formula is C14H22N2O4. The summed E-state index contributed by atoms with van der Waals surface area (Å²) in [6.45, 7) is 4.28. The summed E-state index contributed by atoms with van der Waals surface area (Å²) in [4.78, 5) is 10.6. The van der Waals surface area contributed by atoms with Crippen LogP contribution in [0.4, 0.5) is 0 Å². The lowest BCUT2D eigenvalue weighted by Gasteiger charge is -2.15. The number of hydrogen-bond donors (Lipinski definition) is 4. The third kappa shape index (κ3) is 5.56. The van der Waals surface area contributed by atoms with Crippen molar-refractivity contribution in [1.29, 1.82) is 0 Å². The maximum absolute atomic E-state index is 10.6. The SMILES string of the molecule is Cc1ccc(OCC(O)CNCC(O)C(N)=O)c(C)c1. The van der Waals surface area contributed by atoms with Crippen LogP contribution in [-0.4, -0.2) is 48.0 Å². The largest absolute Gasteiger partial charge is 0.491 e. The number of primary amides is 1. The van der Waals surface area contributed by atoms with E-state index in [1.54, 1.807) is 0 Å². The molecule has 0 spiro atoms. The minimum Gasteiger partial charge on any atom is -0.491 e. The van der Waals surface area contributed by atoms with Crippen molar-refractivity contribution in [2.45, 2.75) is 26.1 Å². The highest BCUT2D eigenvalue weighted by molar-refractivity contribution is 5.78. The first kappa shape index (κ1) is 16.4. The molecule has 1 aromatic rings. The molecule has 5 N–H and O–H groups in total. The molecule has 0 fully saturated rings. The molecule has 0 bridgehead atoms. The van der Waals surface area contributed by atoms with Crippen molar-refractivity contribution in [3.8, 4) is 5.75 Å². The van der Waals surface area contributed by atoms with Crippen molar-refractivity contribution in [3.63, 3.8) is 0 Å². The fraction of sp³-hybridized carbons (Fsp3) is 0.500. The second-order valence-electron chi connectivity index (χ2n) is 4.81. The zero-order valence-corrected chi connectivity index (χ0v) is 11.8. The van der Waals surface area contributed by atoms with Crippen LogP contribution >= 0.6 is 0 Å². The molecule has 0 aliphatic rings. The molecule has 0 aliphatic carbocycles. The van der Waals surface area contributed by atoms with Crippen LogP contribution in [0.2, 0.25) is 0 Å². The zero-order valence-electron chi connectivity index (χ0n) is 11.8. The zero-order chi connectivity index (χ0) is 15.1. The van der Waals surface area contributed by atoms with Crippen LogP contribution < -0.4 is 15.8 Å². The molecule has 0 saturated heterocycles. The van der Waals surface area contributed by atoms with Gasteiger partial charge in [0.1, 0.15) is 24.6 Å². The fourth-order valence-electron chi connectivity index (χ4n) is 1.69. The molecule has 1 amide bonds. The van der Waals surface area contributed by atoms with Gasteiger partial charge in [0.15, 0.2) is 0 Å². The molecule has 6 nitrogen and oxygen atoms in total. The summed E-state index contributed by atoms with van der Waals surface area (Å²) in [5, 5.41) is 21.6. The van der Waals surface area contributed by atoms with Crippen LogP contribution in [-0.2, 0) is 4.79 Å². The summed E-state index contributed by atoms with van der Waals surface area (Å²) < 4.78 is 5.51. The van der Waals surface area contributed by atoms with Crippen LogP contribution in [0.3, 0.4) is 0 Å². The smallest absolute Gasteiger partial charge is 0.247 e. The Morgan fingerprint density at radius 3 is 2.65 bits per heavy atom. The Hall–Kier alpha value is -1.63. The Balaban J connectivity index is 2.29. The van der Waals surface area contributed by atoms with Crippen molar-refractivity contribution in [2.24, 2.45) is 5.73 Å². The van der Waals surface area contributed by atoms with Crippen LogP contribution in [0.1, 0.15) is 11.1 Å². The number of aliphatic hydroxyl groups excluding tert-OH is 2. The Kier molecular flexibility index (Phi) is 6.44. The third-order valence-corrected chi connectivity index (χ3v) is 2.81. The van der Waals surface area contributed by atoms with E-state index in [0.29, 0.717) is 0 Å². The molecule has 2 unspecified atom stereocenters. The molecular weight excluding hydrogens is 260 g/mol. The second kappa shape index (κ2) is 7.84. The molecule has 20 heavy (non-hydrogen) atoms. The fourth-order valence-corrected chi connectivity index (χ4v) is 1.69. The molecule has 0 saturated carbocycles. The monoisotopic (exact) mass is 282 g/mol. The molecule has 0 heterocycles. The van der Waals surface area contributed by atoms with Gasteiger partial charge in [0.2, 0.25) is 5.91 Å². The van der Waals surface area contributed by atoms with Gasteiger partial charge in [-0.05, 0) is 25.5 Å². The van der Waals surface area contributed by atoms with Crippen molar-refractivity contribution >= 4 is 5.91 Å². The molecule has 1 rings (SSSR count). The number of benzene rings is 1. The van der Waals surface area contributed by atoms with Gasteiger partial charge in [-0.3, -0.25) is 4.79 Å². The molecule has 0 aromatic heterocycles. The molecule has 0 radical (unpaired) electrons. The number of aryl methyl sites for hydroxylation is 2. The summed E-state index contributed by atoms with van der Waals surface area (Å²) in [6.07, 6.45) is -1.99. The highest BCUT2D eigenvalue weighted by Crippen LogP contribution is 2.18. The lowest BCUT2D eigenvalue weighted by molar-refractivity contribution is -0.125. The van der Waals surface area contributed by atoms with E-state index >= 15 is 0 Å². The van der Waals surface area contributed by atoms with E-state index in [0.717, 1.165) is 16.9 Å². The number of nitrogens with one attached hydrogen (secondary N) is 1. The number of carbonyl (C=O) groups is 1. The van der Waals surface area contributed by atoms with Gasteiger partial charge in [-0.25, -0.2) is 0 Å². The van der Waals surface area contributed by atoms with Crippen molar-refractivity contribution in [1.82, 2.24) is 5.32 Å². The Morgan fingerprint density at radius 1 is 1.35 bits per heavy atom. The number of carbonyl (C=O) groups excluding carboxylic acids is 1. The number of aliphatic hydroxyl groups is 2. The van der Waals surface area contributed by atoms with Gasteiger partial charge < -0.3 is 26.0 Å². The first-order chi connectivity index (χ1) is 9.40. The molecule has 2 atom stereocenters. The van der Waals surface area contributed by atoms with E-state index < -0.39 is 18.1 Å². The standard InChI is InChI=1S/C14H22N2O4/c1-9-3-4-13(10(2)5-9)20-8-11(17)6-16-7-12(18)14(15)19/h3-5,11-12,16-18H,6-8H2,1-2H3,(H2,15,19). The van der Waals surface area contributed by atoms with Crippen molar-refractivity contribution < 1.29 is 19.7 Å². The lowest BCUT2D eigenvalue weighted by atomic mass is 10.1. The number of amides is 1. The minimum atomic E-state index is -1.25. The highest BCUT2D eigenvalue weighted by Gasteiger charge is 2.12. The molecule has 1 aromatic carbocycles. The van der Waals surface area contributed by atoms with E-state index in [4.69, 9.17) is 15.6 Å². The Labute approximate surface area is 118 Å². The normalized spacial score (nSPS) is 13.8. The van der Waals surface area contributed by atoms with Gasteiger partial charge in [-0.1, -0.05) is 17.7 Å². The Morgan fingerprint density at radius 2 is 2.05 bits per heavy atom. The molecule has 6 heteroatoms. The maximum atomic E-state index is 10.6. The van der Waals surface area contributed by atoms with E-state index in [9.17, 15) is 9.90 Å². The molecule has 112 valence electrons. The van der Waals surface area contributed by atoms with Crippen LogP contribution in [0, 0.1) is 13.8 Å². The topological polar surface area (TPSA) is 105 Å². The van der Waals surface area contributed by atoms with Gasteiger partial charge in [0, 0.05) is 13.1 Å². The van der Waals surface area contributed by atoms with E-state index in [2.05, 4.69) is 5.32 Å². The third-order valence-electron chi connectivity index (χ3n) is 2.81. The van der Waals surface area contributed by atoms with Crippen molar-refractivity contribution in [3.05, 3.63) is 29.3 Å². The van der Waals surface area contributed by atoms with E-state index in [-0.39, 0.29) is 19.7 Å². The minimum absolute atomic E-state index is 0.00987. The summed E-state index contributed by atoms with van der Waals surface area (Å²) in [6, 6.07) is 5.81. The average molecular weight is 282 g/mol. The first-order valence-electron chi connectivity index (χ1n) is 6.46. The maximum Gasteiger partial charge on any atom is 0.247 e. The Bertz CT molecular complexity index is 451. The van der Waals surface area contributed by atoms with Gasteiger partial charge in [0.25, 0.3) is 0 Å². The van der Waals surface area contributed by atoms with Crippen molar-refractivity contribution in [2.75, 3.05) is 19.7 Å². The number of hydrogen-bond acceptors (Lipinski definition) is 5. The lowest BCUT2D eigenvalue weighted by Crippen LogP contribution is -2.41. The molecule has 0 aliphatic heterocycles.